The third kappa shape index (κ3) is 3.61. The lowest BCUT2D eigenvalue weighted by atomic mass is 9.65. The molecule has 1 heterocycles. The van der Waals surface area contributed by atoms with Gasteiger partial charge in [0.25, 0.3) is 0 Å². The number of nitrogens with two attached hydrogens (primary N) is 3. The number of anilines is 1. The molecule has 0 aliphatic heterocycles. The lowest BCUT2D eigenvalue weighted by Crippen LogP contribution is -2.40. The Balaban J connectivity index is 2.07. The van der Waals surface area contributed by atoms with Crippen molar-refractivity contribution in [3.8, 4) is 0 Å². The quantitative estimate of drug-likeness (QED) is 0.421. The van der Waals surface area contributed by atoms with Gasteiger partial charge in [-0.15, -0.1) is 11.3 Å². The Morgan fingerprint density at radius 2 is 1.97 bits per heavy atom. The zero-order valence-corrected chi connectivity index (χ0v) is 17.4. The molecule has 7 N–H and O–H groups in total. The summed E-state index contributed by atoms with van der Waals surface area (Å²) in [4.78, 5) is 25.8. The Bertz CT molecular complexity index is 981. The first kappa shape index (κ1) is 20.9. The van der Waals surface area contributed by atoms with E-state index in [0.29, 0.717) is 41.8 Å². The summed E-state index contributed by atoms with van der Waals surface area (Å²) in [5, 5.41) is 11.2. The van der Waals surface area contributed by atoms with Crippen LogP contribution in [0.4, 0.5) is 5.00 Å². The van der Waals surface area contributed by atoms with Crippen LogP contribution in [-0.2, 0) is 11.8 Å². The number of thiophene rings is 1. The van der Waals surface area contributed by atoms with Crippen molar-refractivity contribution in [1.82, 2.24) is 5.01 Å². The highest BCUT2D eigenvalue weighted by Gasteiger charge is 2.46. The minimum absolute atomic E-state index is 0.0695. The molecule has 0 saturated carbocycles. The van der Waals surface area contributed by atoms with Crippen LogP contribution < -0.4 is 17.3 Å². The Hall–Kier alpha value is -2.84. The van der Waals surface area contributed by atoms with E-state index in [1.54, 1.807) is 7.05 Å². The summed E-state index contributed by atoms with van der Waals surface area (Å²) in [6.07, 6.45) is 1.98. The third-order valence-electron chi connectivity index (χ3n) is 5.83. The smallest absolute Gasteiger partial charge is 0.338 e. The van der Waals surface area contributed by atoms with Gasteiger partial charge in [0.2, 0.25) is 0 Å². The van der Waals surface area contributed by atoms with Gasteiger partial charge >= 0.3 is 5.97 Å². The van der Waals surface area contributed by atoms with Crippen LogP contribution in [0.5, 0.6) is 0 Å². The predicted octanol–water partition coefficient (Wildman–Crippen LogP) is 2.87. The molecule has 1 unspecified atom stereocenters. The maximum absolute atomic E-state index is 13.7. The van der Waals surface area contributed by atoms with Gasteiger partial charge in [-0.3, -0.25) is 4.79 Å². The predicted molar refractivity (Wildman–Crippen MR) is 115 cm³/mol. The monoisotopic (exact) mass is 414 g/mol. The average Bonchev–Trinajstić information content (AvgIpc) is 3.04. The third-order valence-corrected chi connectivity index (χ3v) is 6.89. The van der Waals surface area contributed by atoms with E-state index >= 15 is 0 Å². The van der Waals surface area contributed by atoms with Crippen LogP contribution in [0.25, 0.3) is 0 Å². The summed E-state index contributed by atoms with van der Waals surface area (Å²) in [7, 11) is 1.72. The van der Waals surface area contributed by atoms with E-state index in [1.165, 1.54) is 5.01 Å². The number of aromatic carboxylic acids is 1. The second kappa shape index (κ2) is 7.88. The second-order valence-electron chi connectivity index (χ2n) is 7.45. The number of nitrogens with zero attached hydrogens (tertiary/aromatic N) is 1. The van der Waals surface area contributed by atoms with Crippen LogP contribution in [0.2, 0.25) is 0 Å². The molecule has 0 bridgehead atoms. The number of allylic oxidation sites excluding steroid dienone is 2. The Kier molecular flexibility index (Phi) is 5.68. The van der Waals surface area contributed by atoms with E-state index < -0.39 is 11.4 Å². The van der Waals surface area contributed by atoms with Gasteiger partial charge in [-0.25, -0.2) is 10.6 Å². The Morgan fingerprint density at radius 3 is 2.55 bits per heavy atom. The molecular formula is C21H26N4O3S. The van der Waals surface area contributed by atoms with Gasteiger partial charge in [-0.05, 0) is 43.7 Å². The molecule has 1 atom stereocenters. The summed E-state index contributed by atoms with van der Waals surface area (Å²) < 4.78 is 0. The Morgan fingerprint density at radius 1 is 1.31 bits per heavy atom. The van der Waals surface area contributed by atoms with Crippen molar-refractivity contribution in [3.05, 3.63) is 63.3 Å². The molecule has 29 heavy (non-hydrogen) atoms. The highest BCUT2D eigenvalue weighted by Crippen LogP contribution is 2.47. The molecule has 1 aromatic heterocycles. The fourth-order valence-electron chi connectivity index (χ4n) is 3.98. The van der Waals surface area contributed by atoms with Gasteiger partial charge in [-0.2, -0.15) is 0 Å². The fourth-order valence-corrected chi connectivity index (χ4v) is 5.13. The van der Waals surface area contributed by atoms with Crippen molar-refractivity contribution < 1.29 is 14.7 Å². The van der Waals surface area contributed by atoms with Crippen molar-refractivity contribution in [2.75, 3.05) is 12.8 Å². The summed E-state index contributed by atoms with van der Waals surface area (Å²) in [6.45, 7) is 1.84. The molecule has 0 amide bonds. The molecule has 0 saturated heterocycles. The number of Topliss-reactive ketones (excluding diaryl/α,β-unsaturated/α-hetero) is 1. The number of nitrogen functional groups attached to an aromatic ring is 1. The minimum atomic E-state index is -1.09. The number of hydrogen-bond donors (Lipinski definition) is 4. The Labute approximate surface area is 173 Å². The summed E-state index contributed by atoms with van der Waals surface area (Å²) in [5.74, 6) is 4.62. The van der Waals surface area contributed by atoms with E-state index in [4.69, 9.17) is 17.3 Å². The molecule has 1 aliphatic rings. The summed E-state index contributed by atoms with van der Waals surface area (Å²) in [6, 6.07) is 9.61. The number of fused-ring (bicyclic) bond motifs is 1. The van der Waals surface area contributed by atoms with Gasteiger partial charge in [0.1, 0.15) is 5.00 Å². The molecule has 1 aliphatic carbocycles. The zero-order chi connectivity index (χ0) is 21.3. The van der Waals surface area contributed by atoms with Gasteiger partial charge < -0.3 is 21.6 Å². The first-order chi connectivity index (χ1) is 13.7. The topological polar surface area (TPSA) is 136 Å². The zero-order valence-electron chi connectivity index (χ0n) is 16.6. The second-order valence-corrected chi connectivity index (χ2v) is 8.51. The SMILES string of the molecule is C/C(=C(/N)CCC1(c2ccccc2)CCc2c(sc(N)c2C(=O)O)C1=O)N(C)N. The fraction of sp³-hybridized carbons (Fsp3) is 0.333. The summed E-state index contributed by atoms with van der Waals surface area (Å²) >= 11 is 1.07. The van der Waals surface area contributed by atoms with Gasteiger partial charge in [-0.1, -0.05) is 30.3 Å². The standard InChI is InChI=1S/C21H26N4O3S/c1-12(25(2)24)15(22)9-11-21(13-6-4-3-5-7-13)10-8-14-16(20(27)28)19(23)29-17(14)18(21)26/h3-7H,8-11,22-24H2,1-2H3,(H,27,28)/b15-12-. The van der Waals surface area contributed by atoms with E-state index in [-0.39, 0.29) is 16.3 Å². The van der Waals surface area contributed by atoms with Crippen LogP contribution in [0.3, 0.4) is 0 Å². The number of carbonyl (C=O) groups is 2. The summed E-state index contributed by atoms with van der Waals surface area (Å²) in [5.41, 5.74) is 14.3. The normalized spacial score (nSPS) is 19.5. The van der Waals surface area contributed by atoms with Crippen molar-refractivity contribution in [2.24, 2.45) is 11.6 Å². The highest BCUT2D eigenvalue weighted by atomic mass is 32.1. The molecular weight excluding hydrogens is 388 g/mol. The molecule has 0 spiro atoms. The number of carboxylic acid groups (broad SMARTS) is 1. The molecule has 3 rings (SSSR count). The van der Waals surface area contributed by atoms with E-state index in [2.05, 4.69) is 0 Å². The van der Waals surface area contributed by atoms with Gasteiger partial charge in [0.05, 0.1) is 15.9 Å². The molecule has 0 radical (unpaired) electrons. The first-order valence-electron chi connectivity index (χ1n) is 9.37. The number of hydrogen-bond acceptors (Lipinski definition) is 7. The molecule has 1 aromatic carbocycles. The molecule has 8 heteroatoms. The van der Waals surface area contributed by atoms with Crippen LogP contribution in [-0.4, -0.2) is 28.9 Å². The molecule has 2 aromatic rings. The van der Waals surface area contributed by atoms with Crippen LogP contribution in [0.15, 0.2) is 41.7 Å². The highest BCUT2D eigenvalue weighted by molar-refractivity contribution is 7.18. The number of benzene rings is 1. The number of ketones is 1. The number of carboxylic acids is 1. The van der Waals surface area contributed by atoms with Crippen LogP contribution >= 0.6 is 11.3 Å². The van der Waals surface area contributed by atoms with E-state index in [1.807, 2.05) is 37.3 Å². The van der Waals surface area contributed by atoms with Crippen LogP contribution in [0.1, 0.15) is 57.3 Å². The van der Waals surface area contributed by atoms with Crippen LogP contribution in [0, 0.1) is 0 Å². The van der Waals surface area contributed by atoms with Crippen molar-refractivity contribution in [1.29, 1.82) is 0 Å². The number of rotatable bonds is 6. The maximum atomic E-state index is 13.7. The molecule has 7 nitrogen and oxygen atoms in total. The van der Waals surface area contributed by atoms with Gasteiger partial charge in [0.15, 0.2) is 5.78 Å². The molecule has 154 valence electrons. The van der Waals surface area contributed by atoms with Crippen molar-refractivity contribution in [2.45, 2.75) is 38.0 Å². The number of carbonyl (C=O) groups excluding carboxylic acids is 1. The first-order valence-corrected chi connectivity index (χ1v) is 10.2. The minimum Gasteiger partial charge on any atom is -0.478 e. The van der Waals surface area contributed by atoms with Gasteiger partial charge in [0, 0.05) is 18.4 Å². The largest absolute Gasteiger partial charge is 0.478 e. The van der Waals surface area contributed by atoms with Crippen molar-refractivity contribution >= 4 is 28.1 Å². The average molecular weight is 415 g/mol. The van der Waals surface area contributed by atoms with E-state index in [9.17, 15) is 14.7 Å². The van der Waals surface area contributed by atoms with Crippen molar-refractivity contribution in [3.63, 3.8) is 0 Å². The lowest BCUT2D eigenvalue weighted by Gasteiger charge is -2.36. The lowest BCUT2D eigenvalue weighted by molar-refractivity contribution is 0.0697. The molecule has 0 fully saturated rings. The van der Waals surface area contributed by atoms with E-state index in [0.717, 1.165) is 22.6 Å². The number of hydrazine groups is 1. The maximum Gasteiger partial charge on any atom is 0.338 e.